The van der Waals surface area contributed by atoms with Crippen LogP contribution in [-0.4, -0.2) is 0 Å². The predicted octanol–water partition coefficient (Wildman–Crippen LogP) is 3.52. The van der Waals surface area contributed by atoms with Crippen molar-refractivity contribution in [3.8, 4) is 0 Å². The molecular weight excluding hydrogens is 305 g/mol. The van der Waals surface area contributed by atoms with Crippen molar-refractivity contribution in [1.29, 1.82) is 0 Å². The van der Waals surface area contributed by atoms with Crippen LogP contribution in [0.15, 0.2) is 22.7 Å². The zero-order chi connectivity index (χ0) is 7.56. The van der Waals surface area contributed by atoms with Gasteiger partial charge in [-0.2, -0.15) is 0 Å². The summed E-state index contributed by atoms with van der Waals surface area (Å²) in [5.41, 5.74) is 2.42. The summed E-state index contributed by atoms with van der Waals surface area (Å²) in [6.45, 7) is 2.08. The molecule has 0 bridgehead atoms. The normalized spacial score (nSPS) is 9.50. The molecule has 0 fully saturated rings. The van der Waals surface area contributed by atoms with Gasteiger partial charge >= 0.3 is 0 Å². The third-order valence-electron chi connectivity index (χ3n) is 1.29. The minimum Gasteiger partial charge on any atom is -0.328 e. The van der Waals surface area contributed by atoms with Gasteiger partial charge in [-0.25, -0.2) is 0 Å². The van der Waals surface area contributed by atoms with Gasteiger partial charge in [-0.3, -0.25) is 0 Å². The zero-order valence-electron chi connectivity index (χ0n) is 5.49. The number of rotatable bonds is 1. The summed E-state index contributed by atoms with van der Waals surface area (Å²) < 4.78 is 4.20. The Bertz CT molecular complexity index is 237. The van der Waals surface area contributed by atoms with Crippen LogP contribution in [0.2, 0.25) is 0 Å². The Morgan fingerprint density at radius 3 is 2.70 bits per heavy atom. The predicted molar refractivity (Wildman–Crippen MR) is 56.5 cm³/mol. The van der Waals surface area contributed by atoms with E-state index in [4.69, 9.17) is 0 Å². The first-order valence-electron chi connectivity index (χ1n) is 2.87. The summed E-state index contributed by atoms with van der Waals surface area (Å²) >= 11 is 5.52. The van der Waals surface area contributed by atoms with Crippen molar-refractivity contribution in [2.45, 2.75) is 6.92 Å². The monoisotopic (exact) mass is 311 g/mol. The van der Waals surface area contributed by atoms with E-state index in [1.807, 2.05) is 12.1 Å². The molecule has 0 amide bonds. The lowest BCUT2D eigenvalue weighted by Crippen LogP contribution is -1.83. The van der Waals surface area contributed by atoms with Crippen molar-refractivity contribution in [1.82, 2.24) is 0 Å². The molecule has 0 saturated heterocycles. The topological polar surface area (TPSA) is 12.0 Å². The Balaban J connectivity index is 3.07. The van der Waals surface area contributed by atoms with Crippen molar-refractivity contribution >= 4 is 44.5 Å². The Labute approximate surface area is 82.8 Å². The van der Waals surface area contributed by atoms with Crippen LogP contribution in [0.5, 0.6) is 0 Å². The molecule has 1 N–H and O–H groups in total. The zero-order valence-corrected chi connectivity index (χ0v) is 9.23. The maximum absolute atomic E-state index is 3.40. The van der Waals surface area contributed by atoms with Crippen LogP contribution < -0.4 is 3.53 Å². The number of aryl methyl sites for hydroxylation is 1. The van der Waals surface area contributed by atoms with Crippen LogP contribution in [0.1, 0.15) is 5.56 Å². The highest BCUT2D eigenvalue weighted by Gasteiger charge is 1.94. The molecule has 3 heteroatoms. The molecule has 0 aliphatic heterocycles. The lowest BCUT2D eigenvalue weighted by molar-refractivity contribution is 1.46. The molecule has 0 aromatic heterocycles. The minimum atomic E-state index is 1.13. The van der Waals surface area contributed by atoms with E-state index in [0.29, 0.717) is 0 Å². The third-order valence-corrected chi connectivity index (χ3v) is 2.36. The largest absolute Gasteiger partial charge is 0.328 e. The maximum Gasteiger partial charge on any atom is 0.0560 e. The van der Waals surface area contributed by atoms with E-state index >= 15 is 0 Å². The maximum atomic E-state index is 3.40. The van der Waals surface area contributed by atoms with Gasteiger partial charge in [-0.05, 0) is 30.7 Å². The van der Waals surface area contributed by atoms with Gasteiger partial charge < -0.3 is 3.53 Å². The van der Waals surface area contributed by atoms with E-state index in [-0.39, 0.29) is 0 Å². The van der Waals surface area contributed by atoms with Gasteiger partial charge in [0.2, 0.25) is 0 Å². The molecule has 1 aromatic carbocycles. The molecule has 1 aromatic rings. The fourth-order valence-electron chi connectivity index (χ4n) is 0.733. The van der Waals surface area contributed by atoms with Gasteiger partial charge in [0.15, 0.2) is 0 Å². The van der Waals surface area contributed by atoms with Crippen molar-refractivity contribution in [3.05, 3.63) is 28.2 Å². The average molecular weight is 312 g/mol. The second kappa shape index (κ2) is 3.57. The molecule has 0 unspecified atom stereocenters. The van der Waals surface area contributed by atoms with E-state index in [1.54, 1.807) is 0 Å². The summed E-state index contributed by atoms with van der Waals surface area (Å²) in [5.74, 6) is 0. The molecule has 0 spiro atoms. The Hall–Kier alpha value is 0.230. The van der Waals surface area contributed by atoms with E-state index in [0.717, 1.165) is 4.47 Å². The molecule has 1 nitrogen and oxygen atoms in total. The fraction of sp³-hybridized carbons (Fsp3) is 0.143. The third kappa shape index (κ3) is 1.85. The molecule has 0 aliphatic carbocycles. The van der Waals surface area contributed by atoms with Gasteiger partial charge in [0.05, 0.1) is 22.9 Å². The van der Waals surface area contributed by atoms with Gasteiger partial charge in [-0.1, -0.05) is 15.9 Å². The molecule has 0 heterocycles. The first-order valence-corrected chi connectivity index (χ1v) is 4.74. The molecule has 0 saturated carbocycles. The molecule has 10 heavy (non-hydrogen) atoms. The SMILES string of the molecule is Cc1cc(Br)ccc1NI. The van der Waals surface area contributed by atoms with Crippen molar-refractivity contribution < 1.29 is 0 Å². The summed E-state index contributed by atoms with van der Waals surface area (Å²) in [5, 5.41) is 0. The number of nitrogens with one attached hydrogen (secondary N) is 1. The highest BCUT2D eigenvalue weighted by atomic mass is 127. The van der Waals surface area contributed by atoms with Gasteiger partial charge in [0.25, 0.3) is 0 Å². The Morgan fingerprint density at radius 1 is 1.50 bits per heavy atom. The highest BCUT2D eigenvalue weighted by Crippen LogP contribution is 2.20. The van der Waals surface area contributed by atoms with Crippen LogP contribution in [-0.2, 0) is 0 Å². The average Bonchev–Trinajstić information content (AvgIpc) is 1.88. The second-order valence-corrected chi connectivity index (χ2v) is 3.51. The van der Waals surface area contributed by atoms with Crippen molar-refractivity contribution in [3.63, 3.8) is 0 Å². The van der Waals surface area contributed by atoms with Gasteiger partial charge in [0.1, 0.15) is 0 Å². The fourth-order valence-corrected chi connectivity index (χ4v) is 1.81. The first-order chi connectivity index (χ1) is 4.74. The lowest BCUT2D eigenvalue weighted by atomic mass is 10.2. The molecule has 54 valence electrons. The van der Waals surface area contributed by atoms with E-state index in [1.165, 1.54) is 11.3 Å². The van der Waals surface area contributed by atoms with E-state index in [2.05, 4.69) is 55.3 Å². The van der Waals surface area contributed by atoms with Crippen LogP contribution in [0.3, 0.4) is 0 Å². The molecule has 0 atom stereocenters. The molecular formula is C7H7BrIN. The van der Waals surface area contributed by atoms with Crippen LogP contribution in [0.4, 0.5) is 5.69 Å². The molecule has 0 radical (unpaired) electrons. The summed E-state index contributed by atoms with van der Waals surface area (Å²) in [6, 6.07) is 6.15. The van der Waals surface area contributed by atoms with E-state index < -0.39 is 0 Å². The number of hydrogen-bond donors (Lipinski definition) is 1. The van der Waals surface area contributed by atoms with Crippen molar-refractivity contribution in [2.24, 2.45) is 0 Å². The molecule has 1 rings (SSSR count). The number of benzene rings is 1. The number of halogens is 2. The molecule has 0 aliphatic rings. The first kappa shape index (κ1) is 8.33. The minimum absolute atomic E-state index is 1.13. The standard InChI is InChI=1S/C7H7BrIN/c1-5-4-6(8)2-3-7(5)10-9/h2-4,10H,1H3. The van der Waals surface area contributed by atoms with Gasteiger partial charge in [0, 0.05) is 10.2 Å². The Kier molecular flexibility index (Phi) is 2.97. The quantitative estimate of drug-likeness (QED) is 0.618. The van der Waals surface area contributed by atoms with Crippen LogP contribution in [0.25, 0.3) is 0 Å². The lowest BCUT2D eigenvalue weighted by Gasteiger charge is -2.02. The van der Waals surface area contributed by atoms with E-state index in [9.17, 15) is 0 Å². The summed E-state index contributed by atoms with van der Waals surface area (Å²) in [6.07, 6.45) is 0. The second-order valence-electron chi connectivity index (χ2n) is 2.05. The Morgan fingerprint density at radius 2 is 2.20 bits per heavy atom. The van der Waals surface area contributed by atoms with Crippen LogP contribution in [0, 0.1) is 6.92 Å². The number of hydrogen-bond acceptors (Lipinski definition) is 1. The van der Waals surface area contributed by atoms with Gasteiger partial charge in [-0.15, -0.1) is 0 Å². The smallest absolute Gasteiger partial charge is 0.0560 e. The van der Waals surface area contributed by atoms with Crippen LogP contribution >= 0.6 is 38.8 Å². The number of anilines is 1. The highest BCUT2D eigenvalue weighted by molar-refractivity contribution is 14.1. The van der Waals surface area contributed by atoms with Crippen molar-refractivity contribution in [2.75, 3.05) is 3.53 Å². The summed E-state index contributed by atoms with van der Waals surface area (Å²) in [4.78, 5) is 0. The summed E-state index contributed by atoms with van der Waals surface area (Å²) in [7, 11) is 0.